The van der Waals surface area contributed by atoms with Gasteiger partial charge in [-0.2, -0.15) is 0 Å². The zero-order valence-electron chi connectivity index (χ0n) is 10.5. The van der Waals surface area contributed by atoms with Gasteiger partial charge in [-0.05, 0) is 31.0 Å². The van der Waals surface area contributed by atoms with Gasteiger partial charge in [0.25, 0.3) is 0 Å². The molecule has 96 valence electrons. The van der Waals surface area contributed by atoms with Crippen molar-refractivity contribution in [2.45, 2.75) is 18.9 Å². The molecule has 0 spiro atoms. The highest BCUT2D eigenvalue weighted by atomic mass is 16.5. The molecule has 1 aromatic rings. The first-order valence-electron chi connectivity index (χ1n) is 6.10. The number of benzene rings is 1. The second kappa shape index (κ2) is 5.78. The molecule has 0 atom stereocenters. The summed E-state index contributed by atoms with van der Waals surface area (Å²) in [6, 6.07) is 5.38. The average Bonchev–Trinajstić information content (AvgIpc) is 2.46. The summed E-state index contributed by atoms with van der Waals surface area (Å²) in [4.78, 5) is 23.9. The van der Waals surface area contributed by atoms with Gasteiger partial charge >= 0.3 is 0 Å². The molecule has 0 N–H and O–H groups in total. The fourth-order valence-electron chi connectivity index (χ4n) is 2.32. The van der Waals surface area contributed by atoms with Gasteiger partial charge in [0.15, 0.2) is 12.6 Å². The van der Waals surface area contributed by atoms with Crippen LogP contribution in [-0.4, -0.2) is 38.9 Å². The van der Waals surface area contributed by atoms with Crippen LogP contribution in [-0.2, 0) is 4.74 Å². The summed E-state index contributed by atoms with van der Waals surface area (Å²) in [5, 5.41) is 0. The number of rotatable bonds is 4. The number of anilines is 1. The Morgan fingerprint density at radius 2 is 1.83 bits per heavy atom. The minimum Gasteiger partial charge on any atom is -0.381 e. The third-order valence-electron chi connectivity index (χ3n) is 3.46. The summed E-state index contributed by atoms with van der Waals surface area (Å²) in [5.41, 5.74) is 1.90. The fourth-order valence-corrected chi connectivity index (χ4v) is 2.32. The lowest BCUT2D eigenvalue weighted by Gasteiger charge is -2.33. The molecule has 1 aromatic carbocycles. The predicted octanol–water partition coefficient (Wildman–Crippen LogP) is 1.93. The highest BCUT2D eigenvalue weighted by Gasteiger charge is 2.19. The van der Waals surface area contributed by atoms with Crippen molar-refractivity contribution >= 4 is 18.3 Å². The lowest BCUT2D eigenvalue weighted by Crippen LogP contribution is -2.36. The molecule has 0 saturated carbocycles. The Kier molecular flexibility index (Phi) is 4.10. The van der Waals surface area contributed by atoms with Crippen LogP contribution in [0.3, 0.4) is 0 Å². The van der Waals surface area contributed by atoms with Crippen LogP contribution in [0.1, 0.15) is 33.6 Å². The van der Waals surface area contributed by atoms with Crippen molar-refractivity contribution in [3.63, 3.8) is 0 Å². The Bertz CT molecular complexity index is 437. The molecular weight excluding hydrogens is 230 g/mol. The van der Waals surface area contributed by atoms with Crippen LogP contribution in [0, 0.1) is 0 Å². The molecule has 1 aliphatic heterocycles. The van der Waals surface area contributed by atoms with E-state index in [1.165, 1.54) is 0 Å². The summed E-state index contributed by atoms with van der Waals surface area (Å²) in [7, 11) is 1.74. The average molecular weight is 247 g/mol. The van der Waals surface area contributed by atoms with E-state index in [4.69, 9.17) is 4.74 Å². The van der Waals surface area contributed by atoms with Crippen molar-refractivity contribution in [1.29, 1.82) is 0 Å². The molecule has 0 unspecified atom stereocenters. The van der Waals surface area contributed by atoms with Gasteiger partial charge in [-0.25, -0.2) is 0 Å². The lowest BCUT2D eigenvalue weighted by molar-refractivity contribution is 0.0819. The van der Waals surface area contributed by atoms with Crippen molar-refractivity contribution in [1.82, 2.24) is 0 Å². The van der Waals surface area contributed by atoms with E-state index in [1.54, 1.807) is 19.2 Å². The van der Waals surface area contributed by atoms with E-state index in [-0.39, 0.29) is 0 Å². The first-order chi connectivity index (χ1) is 8.78. The molecule has 1 heterocycles. The van der Waals surface area contributed by atoms with Crippen molar-refractivity contribution in [2.24, 2.45) is 0 Å². The first kappa shape index (κ1) is 12.8. The molecule has 1 saturated heterocycles. The van der Waals surface area contributed by atoms with Gasteiger partial charge in [0.2, 0.25) is 0 Å². The molecule has 0 bridgehead atoms. The van der Waals surface area contributed by atoms with Crippen LogP contribution < -0.4 is 4.90 Å². The number of ether oxygens (including phenoxy) is 1. The molecule has 0 radical (unpaired) electrons. The summed E-state index contributed by atoms with van der Waals surface area (Å²) in [6.45, 7) is 1.83. The largest absolute Gasteiger partial charge is 0.381 e. The van der Waals surface area contributed by atoms with Crippen molar-refractivity contribution in [2.75, 3.05) is 25.1 Å². The molecular formula is C14H17NO3. The van der Waals surface area contributed by atoms with Crippen LogP contribution in [0.15, 0.2) is 18.2 Å². The van der Waals surface area contributed by atoms with Crippen LogP contribution in [0.25, 0.3) is 0 Å². The third-order valence-corrected chi connectivity index (χ3v) is 3.46. The van der Waals surface area contributed by atoms with Gasteiger partial charge in [0, 0.05) is 37.0 Å². The van der Waals surface area contributed by atoms with Crippen molar-refractivity contribution in [3.05, 3.63) is 29.3 Å². The Hall–Kier alpha value is -1.68. The summed E-state index contributed by atoms with van der Waals surface area (Å²) < 4.78 is 5.33. The summed E-state index contributed by atoms with van der Waals surface area (Å²) in [6.07, 6.45) is 3.76. The Morgan fingerprint density at radius 3 is 2.39 bits per heavy atom. The Labute approximate surface area is 107 Å². The summed E-state index contributed by atoms with van der Waals surface area (Å²) in [5.74, 6) is 0. The fraction of sp³-hybridized carbons (Fsp3) is 0.429. The van der Waals surface area contributed by atoms with Gasteiger partial charge < -0.3 is 9.64 Å². The van der Waals surface area contributed by atoms with E-state index in [0.29, 0.717) is 23.5 Å². The van der Waals surface area contributed by atoms with Gasteiger partial charge in [-0.15, -0.1) is 0 Å². The minimum absolute atomic E-state index is 0.334. The van der Waals surface area contributed by atoms with Crippen LogP contribution in [0.2, 0.25) is 0 Å². The van der Waals surface area contributed by atoms with E-state index in [1.807, 2.05) is 6.07 Å². The molecule has 1 aliphatic rings. The molecule has 0 aromatic heterocycles. The number of carbonyl (C=O) groups is 2. The zero-order valence-corrected chi connectivity index (χ0v) is 10.5. The highest BCUT2D eigenvalue weighted by Crippen LogP contribution is 2.23. The number of hydrogen-bond acceptors (Lipinski definition) is 4. The van der Waals surface area contributed by atoms with Gasteiger partial charge in [0.05, 0.1) is 6.10 Å². The number of hydrogen-bond donors (Lipinski definition) is 0. The predicted molar refractivity (Wildman–Crippen MR) is 69.5 cm³/mol. The van der Waals surface area contributed by atoms with Gasteiger partial charge in [0.1, 0.15) is 0 Å². The van der Waals surface area contributed by atoms with Gasteiger partial charge in [-0.3, -0.25) is 9.59 Å². The molecule has 1 fully saturated rings. The Morgan fingerprint density at radius 1 is 1.17 bits per heavy atom. The molecule has 0 aliphatic carbocycles. The summed E-state index contributed by atoms with van der Waals surface area (Å²) >= 11 is 0. The Balaban J connectivity index is 2.14. The zero-order chi connectivity index (χ0) is 13.0. The standard InChI is InChI=1S/C14H17NO3/c1-18-14-4-6-15(7-5-14)13-3-2-11(9-16)12(8-13)10-17/h2-3,8-10,14H,4-7H2,1H3. The number of piperidine rings is 1. The maximum Gasteiger partial charge on any atom is 0.150 e. The van der Waals surface area contributed by atoms with Crippen LogP contribution >= 0.6 is 0 Å². The minimum atomic E-state index is 0.334. The first-order valence-corrected chi connectivity index (χ1v) is 6.10. The van der Waals surface area contributed by atoms with E-state index < -0.39 is 0 Å². The normalized spacial score (nSPS) is 16.6. The monoisotopic (exact) mass is 247 g/mol. The second-order valence-corrected chi connectivity index (χ2v) is 4.47. The van der Waals surface area contributed by atoms with E-state index in [2.05, 4.69) is 4.90 Å². The van der Waals surface area contributed by atoms with Crippen molar-refractivity contribution in [3.8, 4) is 0 Å². The maximum atomic E-state index is 10.9. The van der Waals surface area contributed by atoms with Crippen LogP contribution in [0.4, 0.5) is 5.69 Å². The molecule has 0 amide bonds. The maximum absolute atomic E-state index is 10.9. The smallest absolute Gasteiger partial charge is 0.150 e. The molecule has 4 heteroatoms. The van der Waals surface area contributed by atoms with E-state index >= 15 is 0 Å². The number of methoxy groups -OCH3 is 1. The van der Waals surface area contributed by atoms with Crippen LogP contribution in [0.5, 0.6) is 0 Å². The van der Waals surface area contributed by atoms with Crippen molar-refractivity contribution < 1.29 is 14.3 Å². The topological polar surface area (TPSA) is 46.6 Å². The van der Waals surface area contributed by atoms with Gasteiger partial charge in [-0.1, -0.05) is 0 Å². The number of aldehydes is 2. The van der Waals surface area contributed by atoms with E-state index in [9.17, 15) is 9.59 Å². The van der Waals surface area contributed by atoms with E-state index in [0.717, 1.165) is 37.9 Å². The number of carbonyl (C=O) groups excluding carboxylic acids is 2. The SMILES string of the molecule is COC1CCN(c2ccc(C=O)c(C=O)c2)CC1. The lowest BCUT2D eigenvalue weighted by atomic mass is 10.0. The third kappa shape index (κ3) is 2.59. The second-order valence-electron chi connectivity index (χ2n) is 4.47. The number of nitrogens with zero attached hydrogens (tertiary/aromatic N) is 1. The molecule has 4 nitrogen and oxygen atoms in total. The quantitative estimate of drug-likeness (QED) is 0.763. The molecule has 18 heavy (non-hydrogen) atoms. The highest BCUT2D eigenvalue weighted by molar-refractivity contribution is 5.91. The molecule has 2 rings (SSSR count).